The van der Waals surface area contributed by atoms with Gasteiger partial charge in [-0.2, -0.15) is 0 Å². The van der Waals surface area contributed by atoms with Gasteiger partial charge in [-0.15, -0.1) is 0 Å². The number of piperidine rings is 1. The van der Waals surface area contributed by atoms with Crippen molar-refractivity contribution in [3.8, 4) is 0 Å². The van der Waals surface area contributed by atoms with Crippen molar-refractivity contribution in [2.45, 2.75) is 26.2 Å². The molecule has 21 heavy (non-hydrogen) atoms. The molecule has 1 aromatic heterocycles. The first kappa shape index (κ1) is 14.1. The fourth-order valence-electron chi connectivity index (χ4n) is 2.58. The summed E-state index contributed by atoms with van der Waals surface area (Å²) in [4.78, 5) is 11.0. The number of nitrogens with zero attached hydrogens (tertiary/aromatic N) is 3. The van der Waals surface area contributed by atoms with Crippen molar-refractivity contribution in [3.63, 3.8) is 0 Å². The average molecular weight is 303 g/mol. The van der Waals surface area contributed by atoms with Crippen molar-refractivity contribution in [1.82, 2.24) is 9.97 Å². The van der Waals surface area contributed by atoms with E-state index in [2.05, 4.69) is 20.2 Å². The Kier molecular flexibility index (Phi) is 4.25. The molecule has 0 bridgehead atoms. The Morgan fingerprint density at radius 2 is 1.90 bits per heavy atom. The smallest absolute Gasteiger partial charge is 0.135 e. The third-order valence-corrected chi connectivity index (χ3v) is 4.03. The molecule has 1 saturated heterocycles. The van der Waals surface area contributed by atoms with E-state index in [1.54, 1.807) is 6.33 Å². The van der Waals surface area contributed by atoms with Crippen LogP contribution in [0, 0.1) is 6.92 Å². The third-order valence-electron chi connectivity index (χ3n) is 3.80. The minimum Gasteiger partial charge on any atom is -0.356 e. The monoisotopic (exact) mass is 302 g/mol. The maximum Gasteiger partial charge on any atom is 0.135 e. The van der Waals surface area contributed by atoms with Crippen molar-refractivity contribution in [3.05, 3.63) is 41.2 Å². The molecular weight excluding hydrogens is 284 g/mol. The molecule has 1 fully saturated rings. The lowest BCUT2D eigenvalue weighted by Crippen LogP contribution is -2.30. The topological polar surface area (TPSA) is 41.0 Å². The third kappa shape index (κ3) is 3.45. The van der Waals surface area contributed by atoms with Crippen LogP contribution in [-0.2, 0) is 0 Å². The van der Waals surface area contributed by atoms with E-state index in [9.17, 15) is 0 Å². The Labute approximate surface area is 130 Å². The van der Waals surface area contributed by atoms with Gasteiger partial charge in [0.05, 0.1) is 0 Å². The van der Waals surface area contributed by atoms with E-state index in [-0.39, 0.29) is 0 Å². The highest BCUT2D eigenvalue weighted by Gasteiger charge is 2.13. The van der Waals surface area contributed by atoms with Gasteiger partial charge in [0.1, 0.15) is 18.0 Å². The number of aromatic nitrogens is 2. The summed E-state index contributed by atoms with van der Waals surface area (Å²) in [5, 5.41) is 4.05. The van der Waals surface area contributed by atoms with Gasteiger partial charge in [-0.25, -0.2) is 9.97 Å². The first-order valence-corrected chi connectivity index (χ1v) is 7.70. The average Bonchev–Trinajstić information content (AvgIpc) is 2.52. The number of hydrogen-bond acceptors (Lipinski definition) is 4. The lowest BCUT2D eigenvalue weighted by Gasteiger charge is -2.27. The van der Waals surface area contributed by atoms with Gasteiger partial charge in [-0.1, -0.05) is 17.7 Å². The van der Waals surface area contributed by atoms with Crippen LogP contribution in [0.1, 0.15) is 24.8 Å². The number of nitrogens with one attached hydrogen (secondary N) is 1. The minimum absolute atomic E-state index is 0.716. The molecule has 2 aromatic rings. The van der Waals surface area contributed by atoms with Gasteiger partial charge >= 0.3 is 0 Å². The molecule has 1 aromatic carbocycles. The van der Waals surface area contributed by atoms with Gasteiger partial charge in [-0.3, -0.25) is 0 Å². The predicted molar refractivity (Wildman–Crippen MR) is 87.6 cm³/mol. The molecule has 1 N–H and O–H groups in total. The van der Waals surface area contributed by atoms with Gasteiger partial charge < -0.3 is 10.2 Å². The summed E-state index contributed by atoms with van der Waals surface area (Å²) in [6.45, 7) is 4.20. The molecule has 0 radical (unpaired) electrons. The molecular formula is C16H19ClN4. The number of halogens is 1. The standard InChI is InChI=1S/C16H19ClN4/c1-12-5-6-13(17)9-14(12)20-15-10-16(19-11-18-15)21-7-3-2-4-8-21/h5-6,9-11H,2-4,7-8H2,1H3,(H,18,19,20). The summed E-state index contributed by atoms with van der Waals surface area (Å²) in [7, 11) is 0. The van der Waals surface area contributed by atoms with Crippen LogP contribution in [0.15, 0.2) is 30.6 Å². The SMILES string of the molecule is Cc1ccc(Cl)cc1Nc1cc(N2CCCCC2)ncn1. The second-order valence-electron chi connectivity index (χ2n) is 5.39. The molecule has 4 nitrogen and oxygen atoms in total. The van der Waals surface area contributed by atoms with Gasteiger partial charge in [0.25, 0.3) is 0 Å². The second kappa shape index (κ2) is 6.31. The number of aryl methyl sites for hydroxylation is 1. The van der Waals surface area contributed by atoms with E-state index >= 15 is 0 Å². The van der Waals surface area contributed by atoms with E-state index in [1.165, 1.54) is 19.3 Å². The van der Waals surface area contributed by atoms with Crippen molar-refractivity contribution in [2.24, 2.45) is 0 Å². The van der Waals surface area contributed by atoms with Gasteiger partial charge in [0.2, 0.25) is 0 Å². The second-order valence-corrected chi connectivity index (χ2v) is 5.83. The molecule has 3 rings (SSSR count). The zero-order valence-electron chi connectivity index (χ0n) is 12.1. The largest absolute Gasteiger partial charge is 0.356 e. The molecule has 1 aliphatic rings. The first-order valence-electron chi connectivity index (χ1n) is 7.32. The predicted octanol–water partition coefficient (Wildman–Crippen LogP) is 4.17. The first-order chi connectivity index (χ1) is 10.2. The molecule has 0 atom stereocenters. The Bertz CT molecular complexity index is 623. The summed E-state index contributed by atoms with van der Waals surface area (Å²) >= 11 is 6.06. The molecule has 5 heteroatoms. The highest BCUT2D eigenvalue weighted by Crippen LogP contribution is 2.25. The van der Waals surface area contributed by atoms with Crippen LogP contribution in [0.25, 0.3) is 0 Å². The summed E-state index contributed by atoms with van der Waals surface area (Å²) in [6, 6.07) is 7.81. The normalized spacial score (nSPS) is 15.0. The number of hydrogen-bond donors (Lipinski definition) is 1. The summed E-state index contributed by atoms with van der Waals surface area (Å²) in [6.07, 6.45) is 5.40. The van der Waals surface area contributed by atoms with Crippen LogP contribution in [0.5, 0.6) is 0 Å². The van der Waals surface area contributed by atoms with Crippen LogP contribution in [0.2, 0.25) is 5.02 Å². The molecule has 0 unspecified atom stereocenters. The van der Waals surface area contributed by atoms with Gasteiger partial charge in [-0.05, 0) is 43.9 Å². The molecule has 2 heterocycles. The van der Waals surface area contributed by atoms with Crippen LogP contribution >= 0.6 is 11.6 Å². The van der Waals surface area contributed by atoms with Crippen LogP contribution < -0.4 is 10.2 Å². The Morgan fingerprint density at radius 1 is 1.10 bits per heavy atom. The van der Waals surface area contributed by atoms with E-state index in [4.69, 9.17) is 11.6 Å². The summed E-state index contributed by atoms with van der Waals surface area (Å²) in [5.74, 6) is 1.79. The van der Waals surface area contributed by atoms with Crippen molar-refractivity contribution in [2.75, 3.05) is 23.3 Å². The lowest BCUT2D eigenvalue weighted by atomic mass is 10.1. The lowest BCUT2D eigenvalue weighted by molar-refractivity contribution is 0.573. The van der Waals surface area contributed by atoms with E-state index < -0.39 is 0 Å². The van der Waals surface area contributed by atoms with Crippen LogP contribution in [0.3, 0.4) is 0 Å². The maximum absolute atomic E-state index is 6.06. The van der Waals surface area contributed by atoms with Gasteiger partial charge in [0.15, 0.2) is 0 Å². The fraction of sp³-hybridized carbons (Fsp3) is 0.375. The van der Waals surface area contributed by atoms with Crippen molar-refractivity contribution in [1.29, 1.82) is 0 Å². The van der Waals surface area contributed by atoms with Crippen LogP contribution in [0.4, 0.5) is 17.3 Å². The number of benzene rings is 1. The molecule has 0 saturated carbocycles. The summed E-state index contributed by atoms with van der Waals surface area (Å²) in [5.41, 5.74) is 2.11. The number of anilines is 3. The Balaban J connectivity index is 1.81. The zero-order chi connectivity index (χ0) is 14.7. The highest BCUT2D eigenvalue weighted by molar-refractivity contribution is 6.30. The quantitative estimate of drug-likeness (QED) is 0.924. The summed E-state index contributed by atoms with van der Waals surface area (Å²) < 4.78 is 0. The van der Waals surface area contributed by atoms with E-state index in [0.717, 1.165) is 36.0 Å². The highest BCUT2D eigenvalue weighted by atomic mass is 35.5. The molecule has 110 valence electrons. The maximum atomic E-state index is 6.06. The van der Waals surface area contributed by atoms with E-state index in [1.807, 2.05) is 31.2 Å². The van der Waals surface area contributed by atoms with Crippen LogP contribution in [-0.4, -0.2) is 23.1 Å². The van der Waals surface area contributed by atoms with E-state index in [0.29, 0.717) is 5.02 Å². The molecule has 0 spiro atoms. The fourth-order valence-corrected chi connectivity index (χ4v) is 2.75. The number of rotatable bonds is 3. The molecule has 0 aliphatic carbocycles. The Hall–Kier alpha value is -1.81. The minimum atomic E-state index is 0.716. The zero-order valence-corrected chi connectivity index (χ0v) is 12.9. The van der Waals surface area contributed by atoms with Gasteiger partial charge in [0, 0.05) is 29.9 Å². The Morgan fingerprint density at radius 3 is 2.71 bits per heavy atom. The molecule has 0 amide bonds. The van der Waals surface area contributed by atoms with Crippen molar-refractivity contribution < 1.29 is 0 Å². The van der Waals surface area contributed by atoms with Crippen molar-refractivity contribution >= 4 is 28.9 Å². The molecule has 1 aliphatic heterocycles.